The van der Waals surface area contributed by atoms with Gasteiger partial charge in [0.2, 0.25) is 0 Å². The molecule has 16 heavy (non-hydrogen) atoms. The first-order chi connectivity index (χ1) is 7.86. The van der Waals surface area contributed by atoms with Crippen LogP contribution in [0.3, 0.4) is 0 Å². The Hall–Kier alpha value is -0.860. The van der Waals surface area contributed by atoms with Gasteiger partial charge in [0, 0.05) is 13.2 Å². The summed E-state index contributed by atoms with van der Waals surface area (Å²) in [6, 6.07) is 10.5. The third-order valence-corrected chi connectivity index (χ3v) is 2.45. The highest BCUT2D eigenvalue weighted by Crippen LogP contribution is 2.09. The summed E-state index contributed by atoms with van der Waals surface area (Å²) >= 11 is 0. The van der Waals surface area contributed by atoms with Crippen molar-refractivity contribution in [3.05, 3.63) is 35.9 Å². The second-order valence-electron chi connectivity index (χ2n) is 3.72. The van der Waals surface area contributed by atoms with E-state index in [0.717, 1.165) is 32.5 Å². The molecule has 1 rings (SSSR count). The Morgan fingerprint density at radius 2 is 1.62 bits per heavy atom. The molecule has 0 radical (unpaired) electrons. The maximum Gasteiger partial charge on any atom is 0.157 e. The molecule has 0 saturated carbocycles. The Balaban J connectivity index is 2.22. The molecule has 0 amide bonds. The van der Waals surface area contributed by atoms with E-state index in [-0.39, 0.29) is 6.29 Å². The monoisotopic (exact) mass is 222 g/mol. The minimum Gasteiger partial charge on any atom is -0.353 e. The number of hydrogen-bond acceptors (Lipinski definition) is 2. The maximum absolute atomic E-state index is 5.50. The van der Waals surface area contributed by atoms with Gasteiger partial charge in [0.05, 0.1) is 0 Å². The summed E-state index contributed by atoms with van der Waals surface area (Å²) in [5.74, 6) is 0. The van der Waals surface area contributed by atoms with E-state index in [9.17, 15) is 0 Å². The summed E-state index contributed by atoms with van der Waals surface area (Å²) in [6.45, 7) is 5.44. The Bertz CT molecular complexity index is 253. The van der Waals surface area contributed by atoms with Gasteiger partial charge in [-0.3, -0.25) is 0 Å². The lowest BCUT2D eigenvalue weighted by molar-refractivity contribution is -0.139. The summed E-state index contributed by atoms with van der Waals surface area (Å²) in [5, 5.41) is 0. The maximum atomic E-state index is 5.50. The molecule has 0 bridgehead atoms. The van der Waals surface area contributed by atoms with E-state index in [4.69, 9.17) is 9.47 Å². The van der Waals surface area contributed by atoms with Gasteiger partial charge in [0.15, 0.2) is 6.29 Å². The largest absolute Gasteiger partial charge is 0.353 e. The zero-order valence-electron chi connectivity index (χ0n) is 10.3. The number of benzene rings is 1. The lowest BCUT2D eigenvalue weighted by Crippen LogP contribution is -2.17. The Morgan fingerprint density at radius 1 is 1.00 bits per heavy atom. The molecular weight excluding hydrogens is 200 g/mol. The van der Waals surface area contributed by atoms with Crippen LogP contribution in [0.1, 0.15) is 32.3 Å². The third-order valence-electron chi connectivity index (χ3n) is 2.45. The highest BCUT2D eigenvalue weighted by Gasteiger charge is 2.06. The minimum absolute atomic E-state index is 0.0290. The van der Waals surface area contributed by atoms with E-state index in [1.807, 2.05) is 19.9 Å². The molecule has 0 unspecified atom stereocenters. The summed E-state index contributed by atoms with van der Waals surface area (Å²) in [5.41, 5.74) is 1.38. The lowest BCUT2D eigenvalue weighted by atomic mass is 10.1. The zero-order chi connectivity index (χ0) is 11.6. The van der Waals surface area contributed by atoms with Crippen LogP contribution in [-0.4, -0.2) is 19.5 Å². The van der Waals surface area contributed by atoms with E-state index in [1.165, 1.54) is 5.56 Å². The first-order valence-corrected chi connectivity index (χ1v) is 6.14. The number of aryl methyl sites for hydroxylation is 1. The van der Waals surface area contributed by atoms with Crippen molar-refractivity contribution in [1.82, 2.24) is 0 Å². The van der Waals surface area contributed by atoms with Crippen LogP contribution in [0.15, 0.2) is 30.3 Å². The standard InChI is InChI=1S/C14H22O2/c1-3-15-14(16-4-2)12-8-11-13-9-6-5-7-10-13/h5-7,9-10,14H,3-4,8,11-12H2,1-2H3. The lowest BCUT2D eigenvalue weighted by Gasteiger charge is -2.16. The van der Waals surface area contributed by atoms with Gasteiger partial charge in [-0.1, -0.05) is 30.3 Å². The van der Waals surface area contributed by atoms with Gasteiger partial charge in [-0.25, -0.2) is 0 Å². The molecule has 0 atom stereocenters. The van der Waals surface area contributed by atoms with E-state index < -0.39 is 0 Å². The van der Waals surface area contributed by atoms with Crippen LogP contribution in [-0.2, 0) is 15.9 Å². The van der Waals surface area contributed by atoms with E-state index >= 15 is 0 Å². The molecule has 0 spiro atoms. The summed E-state index contributed by atoms with van der Waals surface area (Å²) in [4.78, 5) is 0. The van der Waals surface area contributed by atoms with Crippen molar-refractivity contribution in [2.24, 2.45) is 0 Å². The van der Waals surface area contributed by atoms with Crippen molar-refractivity contribution >= 4 is 0 Å². The van der Waals surface area contributed by atoms with E-state index in [1.54, 1.807) is 0 Å². The van der Waals surface area contributed by atoms with Gasteiger partial charge >= 0.3 is 0 Å². The topological polar surface area (TPSA) is 18.5 Å². The van der Waals surface area contributed by atoms with Crippen LogP contribution in [0.4, 0.5) is 0 Å². The normalized spacial score (nSPS) is 10.9. The molecule has 0 saturated heterocycles. The van der Waals surface area contributed by atoms with Crippen molar-refractivity contribution in [1.29, 1.82) is 0 Å². The second kappa shape index (κ2) is 8.31. The SMILES string of the molecule is CCOC(CCCc1ccccc1)OCC. The predicted molar refractivity (Wildman–Crippen MR) is 66.4 cm³/mol. The first kappa shape index (κ1) is 13.2. The third kappa shape index (κ3) is 5.29. The molecule has 0 aliphatic carbocycles. The molecule has 1 aromatic carbocycles. The molecule has 2 nitrogen and oxygen atoms in total. The van der Waals surface area contributed by atoms with Crippen LogP contribution in [0.5, 0.6) is 0 Å². The van der Waals surface area contributed by atoms with Crippen molar-refractivity contribution in [2.45, 2.75) is 39.4 Å². The summed E-state index contributed by atoms with van der Waals surface area (Å²) in [6.07, 6.45) is 3.14. The predicted octanol–water partition coefficient (Wildman–Crippen LogP) is 3.41. The first-order valence-electron chi connectivity index (χ1n) is 6.14. The summed E-state index contributed by atoms with van der Waals surface area (Å²) < 4.78 is 11.0. The van der Waals surface area contributed by atoms with Crippen LogP contribution in [0.25, 0.3) is 0 Å². The Morgan fingerprint density at radius 3 is 2.19 bits per heavy atom. The Kier molecular flexibility index (Phi) is 6.86. The van der Waals surface area contributed by atoms with Crippen molar-refractivity contribution in [2.75, 3.05) is 13.2 Å². The van der Waals surface area contributed by atoms with Gasteiger partial charge in [0.1, 0.15) is 0 Å². The number of ether oxygens (including phenoxy) is 2. The van der Waals surface area contributed by atoms with Gasteiger partial charge in [0.25, 0.3) is 0 Å². The van der Waals surface area contributed by atoms with Gasteiger partial charge < -0.3 is 9.47 Å². The molecule has 2 heteroatoms. The van der Waals surface area contributed by atoms with Crippen LogP contribution in [0.2, 0.25) is 0 Å². The molecule has 0 aromatic heterocycles. The van der Waals surface area contributed by atoms with Crippen molar-refractivity contribution in [3.8, 4) is 0 Å². The molecule has 90 valence electrons. The van der Waals surface area contributed by atoms with Crippen LogP contribution < -0.4 is 0 Å². The highest BCUT2D eigenvalue weighted by molar-refractivity contribution is 5.14. The van der Waals surface area contributed by atoms with Crippen molar-refractivity contribution < 1.29 is 9.47 Å². The fourth-order valence-electron chi connectivity index (χ4n) is 1.70. The summed E-state index contributed by atoms with van der Waals surface area (Å²) in [7, 11) is 0. The number of hydrogen-bond donors (Lipinski definition) is 0. The Labute approximate surface area is 98.6 Å². The van der Waals surface area contributed by atoms with Gasteiger partial charge in [-0.05, 0) is 38.7 Å². The molecule has 1 aromatic rings. The molecular formula is C14H22O2. The minimum atomic E-state index is -0.0290. The van der Waals surface area contributed by atoms with E-state index in [0.29, 0.717) is 0 Å². The average molecular weight is 222 g/mol. The number of rotatable bonds is 8. The zero-order valence-corrected chi connectivity index (χ0v) is 10.3. The van der Waals surface area contributed by atoms with Gasteiger partial charge in [-0.2, -0.15) is 0 Å². The van der Waals surface area contributed by atoms with Crippen LogP contribution >= 0.6 is 0 Å². The van der Waals surface area contributed by atoms with Crippen LogP contribution in [0, 0.1) is 0 Å². The fourth-order valence-corrected chi connectivity index (χ4v) is 1.70. The molecule has 0 fully saturated rings. The molecule has 0 N–H and O–H groups in total. The van der Waals surface area contributed by atoms with Crippen molar-refractivity contribution in [3.63, 3.8) is 0 Å². The molecule has 0 aliphatic rings. The molecule has 0 heterocycles. The molecule has 0 aliphatic heterocycles. The second-order valence-corrected chi connectivity index (χ2v) is 3.72. The van der Waals surface area contributed by atoms with Gasteiger partial charge in [-0.15, -0.1) is 0 Å². The highest BCUT2D eigenvalue weighted by atomic mass is 16.7. The van der Waals surface area contributed by atoms with E-state index in [2.05, 4.69) is 24.3 Å². The quantitative estimate of drug-likeness (QED) is 0.627. The average Bonchev–Trinajstić information content (AvgIpc) is 2.31. The smallest absolute Gasteiger partial charge is 0.157 e. The fraction of sp³-hybridized carbons (Fsp3) is 0.571.